The lowest BCUT2D eigenvalue weighted by Crippen LogP contribution is -2.27. The Morgan fingerprint density at radius 3 is 1.63 bits per heavy atom. The minimum Gasteiger partial charge on any atom is -0.471 e. The first-order chi connectivity index (χ1) is 20.3. The van der Waals surface area contributed by atoms with Gasteiger partial charge >= 0.3 is 0 Å². The maximum absolute atomic E-state index is 11.5. The second kappa shape index (κ2) is 15.6. The van der Waals surface area contributed by atoms with Gasteiger partial charge in [-0.25, -0.2) is 0 Å². The van der Waals surface area contributed by atoms with Crippen LogP contribution < -0.4 is 20.7 Å². The van der Waals surface area contributed by atoms with Crippen LogP contribution in [0.5, 0.6) is 5.88 Å². The lowest BCUT2D eigenvalue weighted by molar-refractivity contribution is -0.104. The molecule has 5 aromatic rings. The van der Waals surface area contributed by atoms with E-state index in [2.05, 4.69) is 41.6 Å². The zero-order valence-electron chi connectivity index (χ0n) is 22.4. The molecule has 0 aliphatic heterocycles. The maximum Gasteiger partial charge on any atom is 0.255 e. The number of aromatic nitrogens is 1. The van der Waals surface area contributed by atoms with Crippen molar-refractivity contribution >= 4 is 47.2 Å². The molecule has 5 nitrogen and oxygen atoms in total. The summed E-state index contributed by atoms with van der Waals surface area (Å²) in [5.74, 6) is 2.86. The van der Waals surface area contributed by atoms with Gasteiger partial charge in [-0.1, -0.05) is 133 Å². The molecule has 1 heterocycles. The van der Waals surface area contributed by atoms with Gasteiger partial charge in [0.15, 0.2) is 5.76 Å². The highest BCUT2D eigenvalue weighted by Crippen LogP contribution is 2.43. The Labute approximate surface area is 240 Å². The number of hydrogen-bond acceptors (Lipinski definition) is 5. The van der Waals surface area contributed by atoms with E-state index < -0.39 is 6.89 Å². The molecule has 0 fully saturated rings. The molecule has 0 unspecified atom stereocenters. The number of benzene rings is 4. The van der Waals surface area contributed by atoms with Gasteiger partial charge in [0.2, 0.25) is 0 Å². The zero-order valence-corrected chi connectivity index (χ0v) is 23.3. The lowest BCUT2D eigenvalue weighted by atomic mass is 10.2. The second-order valence-corrected chi connectivity index (χ2v) is 12.0. The van der Waals surface area contributed by atoms with Gasteiger partial charge in [-0.3, -0.25) is 9.59 Å². The first-order valence-electron chi connectivity index (χ1n) is 13.0. The molecule has 204 valence electrons. The van der Waals surface area contributed by atoms with Gasteiger partial charge in [-0.2, -0.15) is 0 Å². The highest BCUT2D eigenvalue weighted by Gasteiger charge is 2.24. The second-order valence-electron chi connectivity index (χ2n) is 8.74. The summed E-state index contributed by atoms with van der Waals surface area (Å²) in [6.45, 7) is -1.60. The topological polar surface area (TPSA) is 69.4 Å². The van der Waals surface area contributed by atoms with Crippen LogP contribution >= 0.6 is 6.89 Å². The van der Waals surface area contributed by atoms with E-state index in [1.807, 2.05) is 90.7 Å². The van der Waals surface area contributed by atoms with Crippen molar-refractivity contribution in [3.05, 3.63) is 157 Å². The molecule has 0 atom stereocenters. The van der Waals surface area contributed by atoms with Gasteiger partial charge in [-0.15, -0.1) is 0 Å². The van der Waals surface area contributed by atoms with Crippen LogP contribution in [0.2, 0.25) is 0 Å². The van der Waals surface area contributed by atoms with Crippen LogP contribution in [0.4, 0.5) is 0 Å². The van der Waals surface area contributed by atoms with Crippen LogP contribution in [0, 0.1) is 0 Å². The van der Waals surface area contributed by atoms with Crippen LogP contribution in [0.1, 0.15) is 11.3 Å². The molecule has 0 amide bonds. The fourth-order valence-electron chi connectivity index (χ4n) is 4.20. The molecule has 1 aromatic heterocycles. The molecule has 6 heteroatoms. The molecular weight excluding hydrogens is 529 g/mol. The SMILES string of the molecule is O=C/C=C/C=C/c1cc(OCc2ccccc2)no1.O=CC=P(c1ccccc1)(c1ccccc1)c1ccccc1. The molecule has 0 spiro atoms. The Kier molecular flexibility index (Phi) is 11.0. The monoisotopic (exact) mass is 559 g/mol. The average molecular weight is 560 g/mol. The molecule has 0 bridgehead atoms. The number of carbonyl (C=O) groups excluding carboxylic acids is 2. The molecule has 41 heavy (non-hydrogen) atoms. The molecule has 0 radical (unpaired) electrons. The summed E-state index contributed by atoms with van der Waals surface area (Å²) < 4.78 is 10.5. The minimum atomic E-state index is -2.05. The molecular formula is C35H30NO4P. The Balaban J connectivity index is 0.000000191. The Bertz CT molecular complexity index is 1510. The number of allylic oxidation sites excluding steroid dienone is 3. The van der Waals surface area contributed by atoms with Crippen molar-refractivity contribution in [2.24, 2.45) is 0 Å². The predicted octanol–water partition coefficient (Wildman–Crippen LogP) is 6.00. The van der Waals surface area contributed by atoms with E-state index in [9.17, 15) is 9.59 Å². The van der Waals surface area contributed by atoms with Crippen molar-refractivity contribution in [1.29, 1.82) is 0 Å². The predicted molar refractivity (Wildman–Crippen MR) is 169 cm³/mol. The standard InChI is InChI=1S/C20H17OP.C15H13NO3/c21-16-17-22(18-10-4-1-5-11-18,19-12-6-2-7-13-19)20-14-8-3-9-15-20;17-10-6-2-5-9-14-11-15(16-19-14)18-12-13-7-3-1-4-8-13/h1-17H;1-11H,12H2/b;6-2+,9-5+. The molecule has 0 saturated carbocycles. The van der Waals surface area contributed by atoms with E-state index in [-0.39, 0.29) is 0 Å². The molecule has 4 aromatic carbocycles. The zero-order chi connectivity index (χ0) is 28.6. The first kappa shape index (κ1) is 29.0. The summed E-state index contributed by atoms with van der Waals surface area (Å²) in [4.78, 5) is 21.6. The third-order valence-corrected chi connectivity index (χ3v) is 9.98. The van der Waals surface area contributed by atoms with Crippen molar-refractivity contribution in [3.8, 4) is 5.88 Å². The molecule has 0 aliphatic carbocycles. The summed E-state index contributed by atoms with van der Waals surface area (Å²) in [7, 11) is 0. The summed E-state index contributed by atoms with van der Waals surface area (Å²) in [5.41, 5.74) is 1.07. The largest absolute Gasteiger partial charge is 0.471 e. The van der Waals surface area contributed by atoms with Crippen molar-refractivity contribution < 1.29 is 18.8 Å². The molecule has 5 rings (SSSR count). The lowest BCUT2D eigenvalue weighted by Gasteiger charge is -2.27. The van der Waals surface area contributed by atoms with Crippen molar-refractivity contribution in [3.63, 3.8) is 0 Å². The van der Waals surface area contributed by atoms with Crippen molar-refractivity contribution in [2.45, 2.75) is 6.61 Å². The van der Waals surface area contributed by atoms with Gasteiger partial charge in [0.05, 0.1) is 0 Å². The maximum atomic E-state index is 11.5. The van der Waals surface area contributed by atoms with Crippen LogP contribution in [-0.2, 0) is 16.2 Å². The van der Waals surface area contributed by atoms with Crippen LogP contribution in [0.15, 0.2) is 150 Å². The van der Waals surface area contributed by atoms with Crippen LogP contribution in [0.25, 0.3) is 6.08 Å². The van der Waals surface area contributed by atoms with Gasteiger partial charge in [0.1, 0.15) is 19.2 Å². The van der Waals surface area contributed by atoms with Gasteiger partial charge in [-0.05, 0) is 51.5 Å². The molecule has 0 aliphatic rings. The van der Waals surface area contributed by atoms with Crippen molar-refractivity contribution in [1.82, 2.24) is 5.16 Å². The highest BCUT2D eigenvalue weighted by atomic mass is 31.2. The third-order valence-electron chi connectivity index (χ3n) is 6.07. The molecule has 0 saturated heterocycles. The number of ether oxygens (including phenoxy) is 1. The molecule has 0 N–H and O–H groups in total. The van der Waals surface area contributed by atoms with E-state index in [1.54, 1.807) is 24.3 Å². The van der Waals surface area contributed by atoms with E-state index in [0.717, 1.165) is 11.8 Å². The smallest absolute Gasteiger partial charge is 0.255 e. The van der Waals surface area contributed by atoms with Gasteiger partial charge in [0.25, 0.3) is 5.88 Å². The number of hydrogen-bond donors (Lipinski definition) is 0. The quantitative estimate of drug-likeness (QED) is 0.0908. The van der Waals surface area contributed by atoms with Gasteiger partial charge in [0, 0.05) is 6.07 Å². The Morgan fingerprint density at radius 1 is 0.634 bits per heavy atom. The summed E-state index contributed by atoms with van der Waals surface area (Å²) in [5, 5.41) is 7.37. The number of aldehydes is 2. The summed E-state index contributed by atoms with van der Waals surface area (Å²) in [6.07, 6.45) is 8.04. The first-order valence-corrected chi connectivity index (χ1v) is 14.9. The normalized spacial score (nSPS) is 11.0. The highest BCUT2D eigenvalue weighted by molar-refractivity contribution is 7.95. The number of carbonyl (C=O) groups is 2. The minimum absolute atomic E-state index is 0.433. The number of nitrogens with zero attached hydrogens (tertiary/aromatic N) is 1. The number of rotatable bonds is 10. The average Bonchev–Trinajstić information content (AvgIpc) is 3.51. The van der Waals surface area contributed by atoms with E-state index in [4.69, 9.17) is 9.26 Å². The van der Waals surface area contributed by atoms with E-state index >= 15 is 0 Å². The van der Waals surface area contributed by atoms with Crippen molar-refractivity contribution in [2.75, 3.05) is 0 Å². The Hall–Kier alpha value is -4.99. The fraction of sp³-hybridized carbons (Fsp3) is 0.0286. The summed E-state index contributed by atoms with van der Waals surface area (Å²) >= 11 is 0. The van der Waals surface area contributed by atoms with Crippen LogP contribution in [-0.4, -0.2) is 23.5 Å². The summed E-state index contributed by atoms with van der Waals surface area (Å²) in [6, 6.07) is 42.5. The fourth-order valence-corrected chi connectivity index (χ4v) is 7.72. The Morgan fingerprint density at radius 2 is 1.15 bits per heavy atom. The van der Waals surface area contributed by atoms with E-state index in [1.165, 1.54) is 22.0 Å². The van der Waals surface area contributed by atoms with Crippen LogP contribution in [0.3, 0.4) is 0 Å². The third kappa shape index (κ3) is 8.01. The van der Waals surface area contributed by atoms with Gasteiger partial charge < -0.3 is 9.26 Å². The van der Waals surface area contributed by atoms with E-state index in [0.29, 0.717) is 24.5 Å².